The third-order valence-electron chi connectivity index (χ3n) is 7.96. The Kier molecular flexibility index (Phi) is 9.60. The van der Waals surface area contributed by atoms with Gasteiger partial charge >= 0.3 is 0 Å². The molecule has 2 N–H and O–H groups in total. The molecule has 0 saturated carbocycles. The number of benzene rings is 2. The van der Waals surface area contributed by atoms with E-state index in [0.717, 1.165) is 12.8 Å². The summed E-state index contributed by atoms with van der Waals surface area (Å²) in [5.74, 6) is 0.316. The van der Waals surface area contributed by atoms with E-state index in [-0.39, 0.29) is 22.8 Å². The minimum absolute atomic E-state index is 0.0178. The lowest BCUT2D eigenvalue weighted by molar-refractivity contribution is -0.111. The summed E-state index contributed by atoms with van der Waals surface area (Å²) < 4.78 is 27.6. The largest absolute Gasteiger partial charge is 0.365 e. The van der Waals surface area contributed by atoms with Crippen molar-refractivity contribution in [3.63, 3.8) is 0 Å². The Labute approximate surface area is 279 Å². The minimum Gasteiger partial charge on any atom is -0.365 e. The Morgan fingerprint density at radius 2 is 1.79 bits per heavy atom. The fraction of sp³-hybridized carbons (Fsp3) is 0.229. The van der Waals surface area contributed by atoms with Gasteiger partial charge in [-0.15, -0.1) is 0 Å². The molecule has 3 aromatic heterocycles. The molecule has 0 spiro atoms. The van der Waals surface area contributed by atoms with E-state index in [9.17, 15) is 18.0 Å². The summed E-state index contributed by atoms with van der Waals surface area (Å²) in [7, 11) is 0.0642. The molecule has 1 unspecified atom stereocenters. The van der Waals surface area contributed by atoms with Gasteiger partial charge in [0.2, 0.25) is 5.91 Å². The topological polar surface area (TPSA) is 142 Å². The number of rotatable bonds is 10. The Hall–Kier alpha value is -5.40. The second kappa shape index (κ2) is 14.2. The summed E-state index contributed by atoms with van der Waals surface area (Å²) in [6, 6.07) is 20.5. The number of fused-ring (bicyclic) bond motifs is 1. The Bertz CT molecular complexity index is 2060. The molecule has 5 aromatic rings. The van der Waals surface area contributed by atoms with Gasteiger partial charge in [0.25, 0.3) is 15.9 Å². The molecule has 2 aromatic carbocycles. The fourth-order valence-corrected chi connectivity index (χ4v) is 6.89. The van der Waals surface area contributed by atoms with Crippen LogP contribution in [0.25, 0.3) is 22.3 Å². The summed E-state index contributed by atoms with van der Waals surface area (Å²) in [6.07, 6.45) is 9.56. The number of likely N-dealkylation sites (N-methyl/N-ethyl adjacent to an activating group) is 1. The van der Waals surface area contributed by atoms with Crippen molar-refractivity contribution in [3.05, 3.63) is 109 Å². The van der Waals surface area contributed by atoms with Crippen LogP contribution in [0.15, 0.2) is 109 Å². The Morgan fingerprint density at radius 1 is 1.00 bits per heavy atom. The van der Waals surface area contributed by atoms with Crippen LogP contribution in [-0.2, 0) is 14.8 Å². The van der Waals surface area contributed by atoms with Crippen LogP contribution < -0.4 is 10.6 Å². The second-order valence-electron chi connectivity index (χ2n) is 11.8. The maximum atomic E-state index is 13.4. The standard InChI is InChI=1S/C35H36N8O4S/c1-41(2)17-7-11-33(44)40-28-14-12-25(13-15-28)35(45)42-18-6-8-29(23-42)39-32-21-31(37-24-38-32)27-20-26-16-19-43(34(26)36-22-27)48(46,47)30-9-4-3-5-10-30/h3-5,7,9-16,19-22,24,29H,6,8,17-18,23H2,1-2H3,(H,40,44)(H,37,38,39)/b11-7+. The van der Waals surface area contributed by atoms with E-state index in [1.54, 1.807) is 72.9 Å². The maximum Gasteiger partial charge on any atom is 0.269 e. The van der Waals surface area contributed by atoms with Gasteiger partial charge in [-0.2, -0.15) is 0 Å². The molecule has 4 heterocycles. The van der Waals surface area contributed by atoms with Gasteiger partial charge in [0.15, 0.2) is 5.65 Å². The fourth-order valence-electron chi connectivity index (χ4n) is 5.56. The highest BCUT2D eigenvalue weighted by molar-refractivity contribution is 7.90. The number of piperidine rings is 1. The molecule has 12 nitrogen and oxygen atoms in total. The molecular formula is C35H36N8O4S. The summed E-state index contributed by atoms with van der Waals surface area (Å²) >= 11 is 0. The van der Waals surface area contributed by atoms with E-state index >= 15 is 0 Å². The van der Waals surface area contributed by atoms with Crippen molar-refractivity contribution < 1.29 is 18.0 Å². The van der Waals surface area contributed by atoms with Gasteiger partial charge in [-0.25, -0.2) is 27.3 Å². The van der Waals surface area contributed by atoms with Crippen LogP contribution >= 0.6 is 0 Å². The predicted molar refractivity (Wildman–Crippen MR) is 185 cm³/mol. The van der Waals surface area contributed by atoms with Crippen molar-refractivity contribution in [1.29, 1.82) is 0 Å². The summed E-state index contributed by atoms with van der Waals surface area (Å²) in [5.41, 5.74) is 2.84. The molecule has 1 fully saturated rings. The zero-order valence-corrected chi connectivity index (χ0v) is 27.5. The number of hydrogen-bond donors (Lipinski definition) is 2. The lowest BCUT2D eigenvalue weighted by Gasteiger charge is -2.33. The number of aromatic nitrogens is 4. The first-order valence-electron chi connectivity index (χ1n) is 15.6. The van der Waals surface area contributed by atoms with Gasteiger partial charge in [0, 0.05) is 72.4 Å². The lowest BCUT2D eigenvalue weighted by Crippen LogP contribution is -2.45. The molecule has 1 aliphatic heterocycles. The predicted octanol–water partition coefficient (Wildman–Crippen LogP) is 4.50. The van der Waals surface area contributed by atoms with E-state index in [1.165, 1.54) is 22.6 Å². The third-order valence-corrected chi connectivity index (χ3v) is 9.64. The molecule has 1 atom stereocenters. The number of nitrogens with zero attached hydrogens (tertiary/aromatic N) is 6. The highest BCUT2D eigenvalue weighted by Gasteiger charge is 2.25. The van der Waals surface area contributed by atoms with Crippen LogP contribution in [0, 0.1) is 0 Å². The highest BCUT2D eigenvalue weighted by Crippen LogP contribution is 2.26. The van der Waals surface area contributed by atoms with Crippen molar-refractivity contribution in [2.24, 2.45) is 0 Å². The zero-order chi connectivity index (χ0) is 33.7. The summed E-state index contributed by atoms with van der Waals surface area (Å²) in [4.78, 5) is 42.8. The number of carbonyl (C=O) groups excluding carboxylic acids is 2. The van der Waals surface area contributed by atoms with Crippen molar-refractivity contribution in [3.8, 4) is 11.3 Å². The van der Waals surface area contributed by atoms with E-state index < -0.39 is 10.0 Å². The summed E-state index contributed by atoms with van der Waals surface area (Å²) in [5, 5.41) is 6.93. The second-order valence-corrected chi connectivity index (χ2v) is 13.6. The molecule has 6 rings (SSSR count). The van der Waals surface area contributed by atoms with Gasteiger partial charge in [0.05, 0.1) is 10.6 Å². The van der Waals surface area contributed by atoms with E-state index in [4.69, 9.17) is 0 Å². The van der Waals surface area contributed by atoms with Gasteiger partial charge in [-0.3, -0.25) is 9.59 Å². The Morgan fingerprint density at radius 3 is 2.56 bits per heavy atom. The van der Waals surface area contributed by atoms with E-state index in [1.807, 2.05) is 36.0 Å². The molecule has 0 bridgehead atoms. The SMILES string of the molecule is CN(C)C/C=C/C(=O)Nc1ccc(C(=O)N2CCCC(Nc3cc(-c4cnc5c(ccn5S(=O)(=O)c5ccccc5)c4)ncn3)C2)cc1. The van der Waals surface area contributed by atoms with Crippen LogP contribution in [0.1, 0.15) is 23.2 Å². The van der Waals surface area contributed by atoms with Crippen LogP contribution in [0.5, 0.6) is 0 Å². The number of anilines is 2. The molecule has 0 radical (unpaired) electrons. The number of pyridine rings is 1. The number of hydrogen-bond acceptors (Lipinski definition) is 9. The van der Waals surface area contributed by atoms with E-state index in [2.05, 4.69) is 25.6 Å². The zero-order valence-electron chi connectivity index (χ0n) is 26.7. The molecule has 2 amide bonds. The molecular weight excluding hydrogens is 629 g/mol. The van der Waals surface area contributed by atoms with Crippen LogP contribution in [0.2, 0.25) is 0 Å². The van der Waals surface area contributed by atoms with Gasteiger partial charge in [0.1, 0.15) is 12.1 Å². The number of carbonyl (C=O) groups is 2. The number of likely N-dealkylation sites (tertiary alicyclic amines) is 1. The maximum absolute atomic E-state index is 13.4. The van der Waals surface area contributed by atoms with Crippen LogP contribution in [0.4, 0.5) is 11.5 Å². The van der Waals surface area contributed by atoms with Crippen molar-refractivity contribution in [2.75, 3.05) is 44.4 Å². The first kappa shape index (κ1) is 32.5. The van der Waals surface area contributed by atoms with E-state index in [0.29, 0.717) is 59.0 Å². The quantitative estimate of drug-likeness (QED) is 0.206. The highest BCUT2D eigenvalue weighted by atomic mass is 32.2. The van der Waals surface area contributed by atoms with Gasteiger partial charge in [-0.1, -0.05) is 24.3 Å². The number of nitrogens with one attached hydrogen (secondary N) is 2. The molecule has 1 saturated heterocycles. The van der Waals surface area contributed by atoms with Gasteiger partial charge < -0.3 is 20.4 Å². The third kappa shape index (κ3) is 7.42. The Balaban J connectivity index is 1.10. The molecule has 246 valence electrons. The van der Waals surface area contributed by atoms with Crippen molar-refractivity contribution >= 4 is 44.4 Å². The monoisotopic (exact) mass is 664 g/mol. The summed E-state index contributed by atoms with van der Waals surface area (Å²) in [6.45, 7) is 1.82. The van der Waals surface area contributed by atoms with Gasteiger partial charge in [-0.05, 0) is 75.5 Å². The minimum atomic E-state index is -3.79. The average Bonchev–Trinajstić information content (AvgIpc) is 3.53. The van der Waals surface area contributed by atoms with Crippen LogP contribution in [0.3, 0.4) is 0 Å². The lowest BCUT2D eigenvalue weighted by atomic mass is 10.0. The van der Waals surface area contributed by atoms with Crippen LogP contribution in [-0.4, -0.2) is 88.7 Å². The van der Waals surface area contributed by atoms with Crippen molar-refractivity contribution in [1.82, 2.24) is 28.7 Å². The van der Waals surface area contributed by atoms with Crippen molar-refractivity contribution in [2.45, 2.75) is 23.8 Å². The molecule has 1 aliphatic rings. The molecule has 48 heavy (non-hydrogen) atoms. The first-order valence-corrected chi connectivity index (χ1v) is 17.0. The molecule has 0 aliphatic carbocycles. The molecule has 13 heteroatoms. The first-order chi connectivity index (χ1) is 23.2. The number of amides is 2. The smallest absolute Gasteiger partial charge is 0.269 e. The average molecular weight is 665 g/mol. The normalized spacial score (nSPS) is 15.2.